The second kappa shape index (κ2) is 16.4. The summed E-state index contributed by atoms with van der Waals surface area (Å²) in [6.45, 7) is 3.77. The van der Waals surface area contributed by atoms with Crippen LogP contribution in [-0.4, -0.2) is 60.1 Å². The lowest BCUT2D eigenvalue weighted by molar-refractivity contribution is 0.0689. The van der Waals surface area contributed by atoms with Crippen LogP contribution in [0.5, 0.6) is 5.75 Å². The maximum Gasteiger partial charge on any atom is 0.190 e. The van der Waals surface area contributed by atoms with Crippen LogP contribution in [0.3, 0.4) is 0 Å². The molecular weight excluding hydrogens is 433 g/mol. The molecule has 1 rings (SSSR count). The number of halogens is 1. The van der Waals surface area contributed by atoms with Crippen molar-refractivity contribution in [2.75, 3.05) is 54.2 Å². The number of hydrogen-bond acceptors (Lipinski definition) is 4. The van der Waals surface area contributed by atoms with Crippen LogP contribution >= 0.6 is 24.0 Å². The monoisotopic (exact) mass is 465 g/mol. The number of unbranched alkanes of at least 4 members (excludes halogenated alkanes) is 1. The van der Waals surface area contributed by atoms with E-state index in [-0.39, 0.29) is 24.0 Å². The summed E-state index contributed by atoms with van der Waals surface area (Å²) in [5.41, 5.74) is 1.19. The molecule has 0 fully saturated rings. The van der Waals surface area contributed by atoms with E-state index in [0.717, 1.165) is 50.7 Å². The number of nitrogens with zero attached hydrogens (tertiary/aromatic N) is 1. The van der Waals surface area contributed by atoms with Crippen LogP contribution in [0, 0.1) is 0 Å². The molecule has 0 aliphatic carbocycles. The van der Waals surface area contributed by atoms with Crippen molar-refractivity contribution in [3.8, 4) is 5.75 Å². The lowest BCUT2D eigenvalue weighted by Gasteiger charge is -2.13. The number of aliphatic imine (C=N–C) groups is 1. The summed E-state index contributed by atoms with van der Waals surface area (Å²) >= 11 is 0. The lowest BCUT2D eigenvalue weighted by atomic mass is 10.1. The van der Waals surface area contributed by atoms with Gasteiger partial charge in [-0.25, -0.2) is 0 Å². The molecule has 6 nitrogen and oxygen atoms in total. The summed E-state index contributed by atoms with van der Waals surface area (Å²) in [7, 11) is 5.16. The Hall–Kier alpha value is -1.06. The molecule has 1 aromatic carbocycles. The van der Waals surface area contributed by atoms with Crippen molar-refractivity contribution in [2.24, 2.45) is 4.99 Å². The molecule has 0 atom stereocenters. The molecule has 1 aromatic rings. The molecule has 0 heterocycles. The molecule has 0 saturated heterocycles. The molecule has 7 heteroatoms. The molecule has 0 aliphatic heterocycles. The Bertz CT molecular complexity index is 473. The van der Waals surface area contributed by atoms with Gasteiger partial charge in [-0.2, -0.15) is 0 Å². The summed E-state index contributed by atoms with van der Waals surface area (Å²) in [5.74, 6) is 1.75. The van der Waals surface area contributed by atoms with Gasteiger partial charge < -0.3 is 24.8 Å². The van der Waals surface area contributed by atoms with Gasteiger partial charge in [-0.3, -0.25) is 4.99 Å². The minimum absolute atomic E-state index is 0. The van der Waals surface area contributed by atoms with Gasteiger partial charge in [0.15, 0.2) is 5.96 Å². The fourth-order valence-electron chi connectivity index (χ4n) is 2.23. The molecule has 0 aromatic heterocycles. The van der Waals surface area contributed by atoms with Crippen molar-refractivity contribution >= 4 is 29.9 Å². The maximum absolute atomic E-state index is 5.43. The van der Waals surface area contributed by atoms with E-state index in [2.05, 4.69) is 21.7 Å². The second-order valence-corrected chi connectivity index (χ2v) is 5.30. The summed E-state index contributed by atoms with van der Waals surface area (Å²) in [6, 6.07) is 8.08. The number of rotatable bonds is 12. The third-order valence-electron chi connectivity index (χ3n) is 3.54. The number of para-hydroxylation sites is 1. The van der Waals surface area contributed by atoms with E-state index in [4.69, 9.17) is 14.2 Å². The highest BCUT2D eigenvalue weighted by atomic mass is 127. The van der Waals surface area contributed by atoms with Gasteiger partial charge in [-0.15, -0.1) is 24.0 Å². The highest BCUT2D eigenvalue weighted by Crippen LogP contribution is 2.17. The molecule has 144 valence electrons. The molecule has 25 heavy (non-hydrogen) atoms. The summed E-state index contributed by atoms with van der Waals surface area (Å²) in [6.07, 6.45) is 2.95. The Kier molecular flexibility index (Phi) is 15.7. The Morgan fingerprint density at radius 3 is 2.48 bits per heavy atom. The van der Waals surface area contributed by atoms with E-state index in [1.165, 1.54) is 5.56 Å². The zero-order valence-corrected chi connectivity index (χ0v) is 17.9. The van der Waals surface area contributed by atoms with Gasteiger partial charge in [0.05, 0.1) is 20.3 Å². The average molecular weight is 465 g/mol. The lowest BCUT2D eigenvalue weighted by Crippen LogP contribution is -2.38. The smallest absolute Gasteiger partial charge is 0.190 e. The molecule has 2 N–H and O–H groups in total. The Morgan fingerprint density at radius 1 is 1.00 bits per heavy atom. The molecule has 0 radical (unpaired) electrons. The van der Waals surface area contributed by atoms with Gasteiger partial charge >= 0.3 is 0 Å². The minimum Gasteiger partial charge on any atom is -0.496 e. The van der Waals surface area contributed by atoms with Crippen LogP contribution in [0.25, 0.3) is 0 Å². The summed E-state index contributed by atoms with van der Waals surface area (Å²) < 4.78 is 15.7. The SMILES string of the molecule is CN=C(NCCCCOCCOC)NCCc1ccccc1OC.I. The van der Waals surface area contributed by atoms with Crippen molar-refractivity contribution < 1.29 is 14.2 Å². The van der Waals surface area contributed by atoms with Gasteiger partial charge in [0.25, 0.3) is 0 Å². The Morgan fingerprint density at radius 2 is 1.76 bits per heavy atom. The molecular formula is C18H32IN3O3. The fourth-order valence-corrected chi connectivity index (χ4v) is 2.23. The predicted octanol–water partition coefficient (Wildman–Crippen LogP) is 2.46. The third-order valence-corrected chi connectivity index (χ3v) is 3.54. The molecule has 0 spiro atoms. The Labute approximate surface area is 168 Å². The maximum atomic E-state index is 5.43. The first kappa shape index (κ1) is 23.9. The van der Waals surface area contributed by atoms with Crippen LogP contribution in [0.15, 0.2) is 29.3 Å². The zero-order valence-electron chi connectivity index (χ0n) is 15.5. The number of guanidine groups is 1. The Balaban J connectivity index is 0.00000576. The van der Waals surface area contributed by atoms with E-state index in [1.807, 2.05) is 18.2 Å². The van der Waals surface area contributed by atoms with Crippen molar-refractivity contribution in [2.45, 2.75) is 19.3 Å². The van der Waals surface area contributed by atoms with Gasteiger partial charge in [0.1, 0.15) is 5.75 Å². The highest BCUT2D eigenvalue weighted by molar-refractivity contribution is 14.0. The number of benzene rings is 1. The number of nitrogens with one attached hydrogen (secondary N) is 2. The van der Waals surface area contributed by atoms with Gasteiger partial charge in [0, 0.05) is 33.9 Å². The highest BCUT2D eigenvalue weighted by Gasteiger charge is 2.02. The van der Waals surface area contributed by atoms with Crippen molar-refractivity contribution in [1.82, 2.24) is 10.6 Å². The first-order valence-electron chi connectivity index (χ1n) is 8.45. The first-order chi connectivity index (χ1) is 11.8. The third kappa shape index (κ3) is 11.2. The first-order valence-corrected chi connectivity index (χ1v) is 8.45. The van der Waals surface area contributed by atoms with Crippen molar-refractivity contribution in [1.29, 1.82) is 0 Å². The molecule has 0 aliphatic rings. The second-order valence-electron chi connectivity index (χ2n) is 5.30. The van der Waals surface area contributed by atoms with Crippen molar-refractivity contribution in [3.63, 3.8) is 0 Å². The summed E-state index contributed by atoms with van der Waals surface area (Å²) in [5, 5.41) is 6.64. The van der Waals surface area contributed by atoms with Gasteiger partial charge in [-0.05, 0) is 30.9 Å². The largest absolute Gasteiger partial charge is 0.496 e. The molecule has 0 saturated carbocycles. The quantitative estimate of drug-likeness (QED) is 0.215. The molecule has 0 unspecified atom stereocenters. The van der Waals surface area contributed by atoms with E-state index in [1.54, 1.807) is 21.3 Å². The normalized spacial score (nSPS) is 10.9. The van der Waals surface area contributed by atoms with E-state index in [9.17, 15) is 0 Å². The minimum atomic E-state index is 0. The van der Waals surface area contributed by atoms with E-state index < -0.39 is 0 Å². The average Bonchev–Trinajstić information content (AvgIpc) is 2.62. The van der Waals surface area contributed by atoms with Crippen LogP contribution in [0.1, 0.15) is 18.4 Å². The summed E-state index contributed by atoms with van der Waals surface area (Å²) in [4.78, 5) is 4.24. The van der Waals surface area contributed by atoms with Crippen LogP contribution < -0.4 is 15.4 Å². The van der Waals surface area contributed by atoms with E-state index >= 15 is 0 Å². The van der Waals surface area contributed by atoms with Crippen LogP contribution in [-0.2, 0) is 15.9 Å². The topological polar surface area (TPSA) is 64.1 Å². The zero-order chi connectivity index (χ0) is 17.5. The van der Waals surface area contributed by atoms with Gasteiger partial charge in [0.2, 0.25) is 0 Å². The predicted molar refractivity (Wildman–Crippen MR) is 113 cm³/mol. The number of ether oxygens (including phenoxy) is 3. The number of hydrogen-bond donors (Lipinski definition) is 2. The standard InChI is InChI=1S/C18H31N3O3.HI/c1-19-18(20-11-6-7-13-24-15-14-22-2)21-12-10-16-8-4-5-9-17(16)23-3;/h4-5,8-9H,6-7,10-15H2,1-3H3,(H2,19,20,21);1H. The number of methoxy groups -OCH3 is 2. The van der Waals surface area contributed by atoms with Crippen molar-refractivity contribution in [3.05, 3.63) is 29.8 Å². The van der Waals surface area contributed by atoms with E-state index in [0.29, 0.717) is 13.2 Å². The molecule has 0 bridgehead atoms. The van der Waals surface area contributed by atoms with Crippen LogP contribution in [0.4, 0.5) is 0 Å². The fraction of sp³-hybridized carbons (Fsp3) is 0.611. The van der Waals surface area contributed by atoms with Crippen LogP contribution in [0.2, 0.25) is 0 Å². The van der Waals surface area contributed by atoms with Gasteiger partial charge in [-0.1, -0.05) is 18.2 Å². The molecule has 0 amide bonds.